The number of hydrogen-bond donors (Lipinski definition) is 0. The van der Waals surface area contributed by atoms with Crippen molar-refractivity contribution in [2.24, 2.45) is 5.92 Å². The Hall–Kier alpha value is -1.20. The lowest BCUT2D eigenvalue weighted by atomic mass is 9.97. The van der Waals surface area contributed by atoms with E-state index in [9.17, 15) is 4.79 Å². The molecule has 0 bridgehead atoms. The van der Waals surface area contributed by atoms with Crippen molar-refractivity contribution in [2.75, 3.05) is 13.1 Å². The second kappa shape index (κ2) is 8.00. The summed E-state index contributed by atoms with van der Waals surface area (Å²) >= 11 is 3.47. The molecule has 0 saturated carbocycles. The Kier molecular flexibility index (Phi) is 5.95. The third-order valence-electron chi connectivity index (χ3n) is 5.25. The number of piperidine rings is 1. The van der Waals surface area contributed by atoms with Crippen LogP contribution in [0.25, 0.3) is 10.9 Å². The van der Waals surface area contributed by atoms with Crippen molar-refractivity contribution in [1.29, 1.82) is 0 Å². The smallest absolute Gasteiger partial charge is 0.261 e. The molecular weight excluding hydrogens is 378 g/mol. The summed E-state index contributed by atoms with van der Waals surface area (Å²) in [7, 11) is 0. The third kappa shape index (κ3) is 3.82. The Morgan fingerprint density at radius 1 is 1.36 bits per heavy atom. The minimum Gasteiger partial charge on any atom is -0.295 e. The summed E-state index contributed by atoms with van der Waals surface area (Å²) in [5.41, 5.74) is 0.883. The summed E-state index contributed by atoms with van der Waals surface area (Å²) in [6, 6.07) is 6.03. The minimum absolute atomic E-state index is 0.0787. The molecule has 2 heterocycles. The van der Waals surface area contributed by atoms with Crippen molar-refractivity contribution in [1.82, 2.24) is 14.5 Å². The lowest BCUT2D eigenvalue weighted by Gasteiger charge is -2.37. The molecule has 2 atom stereocenters. The number of halogens is 1. The number of aromatic nitrogens is 2. The lowest BCUT2D eigenvalue weighted by molar-refractivity contribution is 0.115. The van der Waals surface area contributed by atoms with Gasteiger partial charge in [0, 0.05) is 17.6 Å². The van der Waals surface area contributed by atoms with Crippen LogP contribution in [0.15, 0.2) is 27.5 Å². The van der Waals surface area contributed by atoms with Crippen LogP contribution in [-0.2, 0) is 6.54 Å². The topological polar surface area (TPSA) is 38.1 Å². The first kappa shape index (κ1) is 18.6. The number of nitrogens with zero attached hydrogens (tertiary/aromatic N) is 3. The Labute approximate surface area is 158 Å². The van der Waals surface area contributed by atoms with Gasteiger partial charge in [0.15, 0.2) is 0 Å². The van der Waals surface area contributed by atoms with Crippen LogP contribution >= 0.6 is 15.9 Å². The SMILES string of the molecule is CCC[C@@H](c1nc2ccc(Br)cc2c(=O)n1CC)N1CCC[C@@H](C)C1. The molecule has 0 amide bonds. The maximum atomic E-state index is 13.1. The van der Waals surface area contributed by atoms with Gasteiger partial charge in [-0.1, -0.05) is 36.2 Å². The highest BCUT2D eigenvalue weighted by atomic mass is 79.9. The summed E-state index contributed by atoms with van der Waals surface area (Å²) in [5, 5.41) is 0.697. The molecule has 1 aliphatic heterocycles. The maximum absolute atomic E-state index is 13.1. The van der Waals surface area contributed by atoms with E-state index in [2.05, 4.69) is 34.7 Å². The summed E-state index contributed by atoms with van der Waals surface area (Å²) in [4.78, 5) is 20.6. The van der Waals surface area contributed by atoms with Gasteiger partial charge in [0.1, 0.15) is 5.82 Å². The highest BCUT2D eigenvalue weighted by Gasteiger charge is 2.28. The second-order valence-corrected chi connectivity index (χ2v) is 8.14. The van der Waals surface area contributed by atoms with Crippen LogP contribution < -0.4 is 5.56 Å². The lowest BCUT2D eigenvalue weighted by Crippen LogP contribution is -2.40. The Morgan fingerprint density at radius 2 is 2.16 bits per heavy atom. The zero-order valence-electron chi connectivity index (χ0n) is 15.5. The molecule has 1 fully saturated rings. The zero-order valence-corrected chi connectivity index (χ0v) is 17.1. The molecule has 1 aromatic carbocycles. The number of rotatable bonds is 5. The maximum Gasteiger partial charge on any atom is 0.261 e. The highest BCUT2D eigenvalue weighted by Crippen LogP contribution is 2.30. The summed E-state index contributed by atoms with van der Waals surface area (Å²) in [6.45, 7) is 9.45. The molecular formula is C20H28BrN3O. The van der Waals surface area contributed by atoms with E-state index in [1.54, 1.807) is 0 Å². The Balaban J connectivity index is 2.13. The summed E-state index contributed by atoms with van der Waals surface area (Å²) < 4.78 is 2.80. The van der Waals surface area contributed by atoms with E-state index in [0.717, 1.165) is 41.7 Å². The quantitative estimate of drug-likeness (QED) is 0.719. The monoisotopic (exact) mass is 405 g/mol. The average Bonchev–Trinajstić information content (AvgIpc) is 2.60. The van der Waals surface area contributed by atoms with E-state index < -0.39 is 0 Å². The Morgan fingerprint density at radius 3 is 2.84 bits per heavy atom. The average molecular weight is 406 g/mol. The molecule has 1 saturated heterocycles. The molecule has 25 heavy (non-hydrogen) atoms. The molecule has 5 heteroatoms. The largest absolute Gasteiger partial charge is 0.295 e. The van der Waals surface area contributed by atoms with Crippen molar-refractivity contribution in [3.05, 3.63) is 38.9 Å². The van der Waals surface area contributed by atoms with E-state index >= 15 is 0 Å². The normalized spacial score (nSPS) is 20.1. The predicted molar refractivity (Wildman–Crippen MR) is 107 cm³/mol. The van der Waals surface area contributed by atoms with Gasteiger partial charge >= 0.3 is 0 Å². The van der Waals surface area contributed by atoms with Crippen LogP contribution in [0.1, 0.15) is 58.3 Å². The number of hydrogen-bond acceptors (Lipinski definition) is 3. The summed E-state index contributed by atoms with van der Waals surface area (Å²) in [5.74, 6) is 1.66. The van der Waals surface area contributed by atoms with Gasteiger partial charge in [-0.15, -0.1) is 0 Å². The first-order chi connectivity index (χ1) is 12.0. The van der Waals surface area contributed by atoms with Crippen molar-refractivity contribution in [2.45, 2.75) is 59.0 Å². The van der Waals surface area contributed by atoms with Crippen LogP contribution in [0.4, 0.5) is 0 Å². The molecule has 136 valence electrons. The zero-order chi connectivity index (χ0) is 18.0. The molecule has 0 radical (unpaired) electrons. The first-order valence-electron chi connectivity index (χ1n) is 9.49. The van der Waals surface area contributed by atoms with Gasteiger partial charge in [-0.25, -0.2) is 4.98 Å². The van der Waals surface area contributed by atoms with Crippen LogP contribution in [0.5, 0.6) is 0 Å². The number of benzene rings is 1. The van der Waals surface area contributed by atoms with Crippen molar-refractivity contribution >= 4 is 26.8 Å². The van der Waals surface area contributed by atoms with Crippen molar-refractivity contribution in [3.8, 4) is 0 Å². The number of fused-ring (bicyclic) bond motifs is 1. The molecule has 3 rings (SSSR count). The molecule has 2 aromatic rings. The van der Waals surface area contributed by atoms with E-state index in [1.165, 1.54) is 12.8 Å². The van der Waals surface area contributed by atoms with E-state index in [-0.39, 0.29) is 11.6 Å². The van der Waals surface area contributed by atoms with Gasteiger partial charge in [-0.05, 0) is 56.8 Å². The summed E-state index contributed by atoms with van der Waals surface area (Å²) in [6.07, 6.45) is 4.67. The molecule has 0 spiro atoms. The standard InChI is InChI=1S/C20H28BrN3O/c1-4-7-18(23-11-6-8-14(3)13-23)19-22-17-10-9-15(21)12-16(17)20(25)24(19)5-2/h9-10,12,14,18H,4-8,11,13H2,1-3H3/t14-,18+/m1/s1. The molecule has 0 aliphatic carbocycles. The molecule has 1 aromatic heterocycles. The van der Waals surface area contributed by atoms with Crippen molar-refractivity contribution < 1.29 is 0 Å². The van der Waals surface area contributed by atoms with Crippen LogP contribution in [0.2, 0.25) is 0 Å². The van der Waals surface area contributed by atoms with Crippen LogP contribution in [0, 0.1) is 5.92 Å². The van der Waals surface area contributed by atoms with E-state index in [0.29, 0.717) is 17.8 Å². The molecule has 0 N–H and O–H groups in total. The van der Waals surface area contributed by atoms with Gasteiger partial charge in [0.05, 0.1) is 16.9 Å². The van der Waals surface area contributed by atoms with Gasteiger partial charge in [0.2, 0.25) is 0 Å². The third-order valence-corrected chi connectivity index (χ3v) is 5.74. The van der Waals surface area contributed by atoms with Gasteiger partial charge in [0.25, 0.3) is 5.56 Å². The van der Waals surface area contributed by atoms with Gasteiger partial charge < -0.3 is 0 Å². The molecule has 1 aliphatic rings. The minimum atomic E-state index is 0.0787. The molecule has 0 unspecified atom stereocenters. The van der Waals surface area contributed by atoms with Crippen molar-refractivity contribution in [3.63, 3.8) is 0 Å². The fraction of sp³-hybridized carbons (Fsp3) is 0.600. The molecule has 4 nitrogen and oxygen atoms in total. The predicted octanol–water partition coefficient (Wildman–Crippen LogP) is 4.75. The Bertz CT molecular complexity index is 801. The fourth-order valence-corrected chi connectivity index (χ4v) is 4.39. The van der Waals surface area contributed by atoms with Crippen LogP contribution in [-0.4, -0.2) is 27.5 Å². The van der Waals surface area contributed by atoms with Crippen LogP contribution in [0.3, 0.4) is 0 Å². The second-order valence-electron chi connectivity index (χ2n) is 7.23. The number of likely N-dealkylation sites (tertiary alicyclic amines) is 1. The van der Waals surface area contributed by atoms with Gasteiger partial charge in [-0.3, -0.25) is 14.3 Å². The van der Waals surface area contributed by atoms with E-state index in [1.807, 2.05) is 29.7 Å². The fourth-order valence-electron chi connectivity index (χ4n) is 4.03. The highest BCUT2D eigenvalue weighted by molar-refractivity contribution is 9.10. The van der Waals surface area contributed by atoms with E-state index in [4.69, 9.17) is 4.98 Å². The first-order valence-corrected chi connectivity index (χ1v) is 10.3. The van der Waals surface area contributed by atoms with Gasteiger partial charge in [-0.2, -0.15) is 0 Å².